The van der Waals surface area contributed by atoms with E-state index >= 15 is 0 Å². The molecule has 2 heterocycles. The lowest BCUT2D eigenvalue weighted by Gasteiger charge is -2.35. The number of benzene rings is 1. The van der Waals surface area contributed by atoms with Crippen molar-refractivity contribution in [3.05, 3.63) is 41.7 Å². The maximum Gasteiger partial charge on any atom is 0.238 e. The first-order chi connectivity index (χ1) is 11.5. The molecule has 0 saturated carbocycles. The van der Waals surface area contributed by atoms with Crippen molar-refractivity contribution in [1.82, 2.24) is 14.7 Å². The Labute approximate surface area is 143 Å². The Bertz CT molecular complexity index is 702. The van der Waals surface area contributed by atoms with Gasteiger partial charge in [0.05, 0.1) is 23.6 Å². The van der Waals surface area contributed by atoms with Gasteiger partial charge in [0.1, 0.15) is 0 Å². The van der Waals surface area contributed by atoms with E-state index in [0.29, 0.717) is 6.54 Å². The van der Waals surface area contributed by atoms with Crippen molar-refractivity contribution < 1.29 is 4.79 Å². The van der Waals surface area contributed by atoms with Crippen LogP contribution in [0.4, 0.5) is 11.4 Å². The largest absolute Gasteiger partial charge is 0.369 e. The van der Waals surface area contributed by atoms with Crippen LogP contribution in [0.1, 0.15) is 11.4 Å². The second-order valence-corrected chi connectivity index (χ2v) is 6.32. The molecule has 1 aliphatic rings. The first-order valence-electron chi connectivity index (χ1n) is 8.37. The number of amides is 1. The molecule has 0 bridgehead atoms. The van der Waals surface area contributed by atoms with Gasteiger partial charge in [-0.3, -0.25) is 14.4 Å². The predicted molar refractivity (Wildman–Crippen MR) is 96.4 cm³/mol. The van der Waals surface area contributed by atoms with Crippen LogP contribution in [0.25, 0.3) is 0 Å². The van der Waals surface area contributed by atoms with E-state index < -0.39 is 0 Å². The second kappa shape index (κ2) is 7.05. The highest BCUT2D eigenvalue weighted by Crippen LogP contribution is 2.19. The summed E-state index contributed by atoms with van der Waals surface area (Å²) in [5.74, 6) is 0.0300. The molecule has 1 fully saturated rings. The highest BCUT2D eigenvalue weighted by Gasteiger charge is 2.20. The Morgan fingerprint density at radius 2 is 1.79 bits per heavy atom. The molecule has 3 rings (SSSR count). The van der Waals surface area contributed by atoms with Crippen LogP contribution < -0.4 is 10.2 Å². The van der Waals surface area contributed by atoms with Crippen LogP contribution in [0.5, 0.6) is 0 Å². The van der Waals surface area contributed by atoms with Gasteiger partial charge in [0.25, 0.3) is 0 Å². The third kappa shape index (κ3) is 3.59. The average molecular weight is 327 g/mol. The van der Waals surface area contributed by atoms with Gasteiger partial charge in [-0.2, -0.15) is 5.10 Å². The van der Waals surface area contributed by atoms with Crippen molar-refractivity contribution in [3.8, 4) is 0 Å². The fourth-order valence-corrected chi connectivity index (χ4v) is 3.14. The van der Waals surface area contributed by atoms with Gasteiger partial charge < -0.3 is 10.2 Å². The Morgan fingerprint density at radius 3 is 2.38 bits per heavy atom. The number of hydrogen-bond acceptors (Lipinski definition) is 4. The lowest BCUT2D eigenvalue weighted by atomic mass is 10.2. The summed E-state index contributed by atoms with van der Waals surface area (Å²) in [5.41, 5.74) is 3.93. The monoisotopic (exact) mass is 327 g/mol. The van der Waals surface area contributed by atoms with E-state index in [-0.39, 0.29) is 5.91 Å². The van der Waals surface area contributed by atoms with Crippen LogP contribution in [0, 0.1) is 13.8 Å². The normalized spacial score (nSPS) is 15.5. The summed E-state index contributed by atoms with van der Waals surface area (Å²) >= 11 is 0. The van der Waals surface area contributed by atoms with Crippen molar-refractivity contribution in [2.45, 2.75) is 13.8 Å². The minimum absolute atomic E-state index is 0.0300. The van der Waals surface area contributed by atoms with Crippen molar-refractivity contribution >= 4 is 17.3 Å². The number of hydrogen-bond donors (Lipinski definition) is 1. The van der Waals surface area contributed by atoms with Crippen LogP contribution >= 0.6 is 0 Å². The summed E-state index contributed by atoms with van der Waals surface area (Å²) in [7, 11) is 1.89. The first kappa shape index (κ1) is 16.5. The summed E-state index contributed by atoms with van der Waals surface area (Å²) in [6.07, 6.45) is 0. The van der Waals surface area contributed by atoms with Gasteiger partial charge in [-0.05, 0) is 26.0 Å². The fourth-order valence-electron chi connectivity index (χ4n) is 3.14. The average Bonchev–Trinajstić information content (AvgIpc) is 2.82. The Kier molecular flexibility index (Phi) is 4.85. The number of para-hydroxylation sites is 1. The summed E-state index contributed by atoms with van der Waals surface area (Å²) in [6.45, 7) is 8.00. The number of carbonyl (C=O) groups is 1. The molecule has 1 saturated heterocycles. The van der Waals surface area contributed by atoms with E-state index in [2.05, 4.69) is 44.5 Å². The SMILES string of the molecule is Cc1nn(C)c(C)c1NC(=O)CN1CCN(c2ccccc2)CC1. The fraction of sp³-hybridized carbons (Fsp3) is 0.444. The van der Waals surface area contributed by atoms with Gasteiger partial charge in [0.2, 0.25) is 5.91 Å². The van der Waals surface area contributed by atoms with Gasteiger partial charge >= 0.3 is 0 Å². The molecule has 6 heteroatoms. The zero-order valence-electron chi connectivity index (χ0n) is 14.6. The molecule has 0 aliphatic carbocycles. The van der Waals surface area contributed by atoms with E-state index in [1.807, 2.05) is 27.0 Å². The van der Waals surface area contributed by atoms with Crippen molar-refractivity contribution in [2.24, 2.45) is 7.05 Å². The van der Waals surface area contributed by atoms with Crippen molar-refractivity contribution in [1.29, 1.82) is 0 Å². The molecule has 0 spiro atoms. The lowest BCUT2D eigenvalue weighted by molar-refractivity contribution is -0.117. The molecule has 6 nitrogen and oxygen atoms in total. The van der Waals surface area contributed by atoms with Crippen LogP contribution in [0.2, 0.25) is 0 Å². The molecule has 1 aromatic heterocycles. The summed E-state index contributed by atoms with van der Waals surface area (Å²) < 4.78 is 1.80. The lowest BCUT2D eigenvalue weighted by Crippen LogP contribution is -2.48. The number of nitrogens with one attached hydrogen (secondary N) is 1. The van der Waals surface area contributed by atoms with Crippen LogP contribution in [-0.4, -0.2) is 53.3 Å². The molecular weight excluding hydrogens is 302 g/mol. The third-order valence-electron chi connectivity index (χ3n) is 4.63. The van der Waals surface area contributed by atoms with Crippen LogP contribution in [0.15, 0.2) is 30.3 Å². The van der Waals surface area contributed by atoms with Gasteiger partial charge in [-0.15, -0.1) is 0 Å². The molecule has 0 unspecified atom stereocenters. The standard InChI is InChI=1S/C18H25N5O/c1-14-18(15(2)21(3)20-14)19-17(24)13-22-9-11-23(12-10-22)16-7-5-4-6-8-16/h4-8H,9-13H2,1-3H3,(H,19,24). The van der Waals surface area contributed by atoms with Crippen LogP contribution in [-0.2, 0) is 11.8 Å². The molecule has 1 aromatic carbocycles. The van der Waals surface area contributed by atoms with Gasteiger partial charge in [0, 0.05) is 38.9 Å². The molecule has 1 aliphatic heterocycles. The van der Waals surface area contributed by atoms with E-state index in [9.17, 15) is 4.79 Å². The molecule has 1 amide bonds. The van der Waals surface area contributed by atoms with E-state index in [1.54, 1.807) is 4.68 Å². The zero-order valence-corrected chi connectivity index (χ0v) is 14.6. The molecule has 128 valence electrons. The summed E-state index contributed by atoms with van der Waals surface area (Å²) in [4.78, 5) is 16.9. The van der Waals surface area contributed by atoms with E-state index in [0.717, 1.165) is 43.3 Å². The van der Waals surface area contributed by atoms with E-state index in [1.165, 1.54) is 5.69 Å². The first-order valence-corrected chi connectivity index (χ1v) is 8.37. The smallest absolute Gasteiger partial charge is 0.238 e. The second-order valence-electron chi connectivity index (χ2n) is 6.32. The zero-order chi connectivity index (χ0) is 17.1. The highest BCUT2D eigenvalue weighted by molar-refractivity contribution is 5.93. The van der Waals surface area contributed by atoms with Gasteiger partial charge in [0.15, 0.2) is 0 Å². The van der Waals surface area contributed by atoms with Gasteiger partial charge in [-0.1, -0.05) is 18.2 Å². The molecule has 0 radical (unpaired) electrons. The van der Waals surface area contributed by atoms with Gasteiger partial charge in [-0.25, -0.2) is 0 Å². The number of carbonyl (C=O) groups excluding carboxylic acids is 1. The molecular formula is C18H25N5O. The number of rotatable bonds is 4. The number of anilines is 2. The molecule has 1 N–H and O–H groups in total. The number of piperazine rings is 1. The van der Waals surface area contributed by atoms with Crippen molar-refractivity contribution in [3.63, 3.8) is 0 Å². The van der Waals surface area contributed by atoms with Crippen LogP contribution in [0.3, 0.4) is 0 Å². The van der Waals surface area contributed by atoms with E-state index in [4.69, 9.17) is 0 Å². The summed E-state index contributed by atoms with van der Waals surface area (Å²) in [6, 6.07) is 10.4. The minimum atomic E-state index is 0.0300. The Balaban J connectivity index is 1.52. The number of nitrogens with zero attached hydrogens (tertiary/aromatic N) is 4. The molecule has 24 heavy (non-hydrogen) atoms. The molecule has 0 atom stereocenters. The summed E-state index contributed by atoms with van der Waals surface area (Å²) in [5, 5.41) is 7.35. The molecule has 2 aromatic rings. The number of aryl methyl sites for hydroxylation is 2. The number of aromatic nitrogens is 2. The maximum atomic E-state index is 12.3. The Morgan fingerprint density at radius 1 is 1.12 bits per heavy atom. The topological polar surface area (TPSA) is 53.4 Å². The maximum absolute atomic E-state index is 12.3. The van der Waals surface area contributed by atoms with Crippen molar-refractivity contribution in [2.75, 3.05) is 42.9 Å². The third-order valence-corrected chi connectivity index (χ3v) is 4.63. The highest BCUT2D eigenvalue weighted by atomic mass is 16.2. The predicted octanol–water partition coefficient (Wildman–Crippen LogP) is 1.80. The quantitative estimate of drug-likeness (QED) is 0.930. The minimum Gasteiger partial charge on any atom is -0.369 e. The Hall–Kier alpha value is -2.34.